The highest BCUT2D eigenvalue weighted by Gasteiger charge is 2.12. The molecule has 0 fully saturated rings. The minimum atomic E-state index is 0. The molecule has 146 valence electrons. The van der Waals surface area contributed by atoms with E-state index < -0.39 is 0 Å². The minimum absolute atomic E-state index is 0. The number of hydrogen-bond acceptors (Lipinski definition) is 5. The Bertz CT molecular complexity index is 481. The summed E-state index contributed by atoms with van der Waals surface area (Å²) in [5.41, 5.74) is 0. The molecule has 2 N–H and O–H groups in total. The van der Waals surface area contributed by atoms with Crippen LogP contribution in [0.3, 0.4) is 0 Å². The highest BCUT2D eigenvalue weighted by molar-refractivity contribution is 14.0. The van der Waals surface area contributed by atoms with E-state index in [1.165, 1.54) is 0 Å². The van der Waals surface area contributed by atoms with Crippen LogP contribution >= 0.6 is 24.0 Å². The monoisotopic (exact) mass is 466 g/mol. The van der Waals surface area contributed by atoms with Crippen LogP contribution in [0.15, 0.2) is 9.52 Å². The topological polar surface area (TPSA) is 78.6 Å². The summed E-state index contributed by atoms with van der Waals surface area (Å²) in [4.78, 5) is 11.3. The van der Waals surface area contributed by atoms with Crippen molar-refractivity contribution in [1.29, 1.82) is 0 Å². The van der Waals surface area contributed by atoms with Crippen molar-refractivity contribution in [2.45, 2.75) is 66.5 Å². The third-order valence-corrected chi connectivity index (χ3v) is 3.72. The van der Waals surface area contributed by atoms with Gasteiger partial charge in [0.2, 0.25) is 5.89 Å². The molecule has 0 bridgehead atoms. The van der Waals surface area contributed by atoms with Crippen LogP contribution < -0.4 is 10.6 Å². The number of rotatable bonds is 10. The maximum atomic E-state index is 5.11. The molecule has 0 radical (unpaired) electrons. The normalized spacial score (nSPS) is 12.0. The summed E-state index contributed by atoms with van der Waals surface area (Å²) in [6.07, 6.45) is 1.75. The highest BCUT2D eigenvalue weighted by atomic mass is 127. The van der Waals surface area contributed by atoms with Crippen molar-refractivity contribution < 1.29 is 4.52 Å². The molecular weight excluding hydrogens is 431 g/mol. The maximum Gasteiger partial charge on any atom is 0.228 e. The quantitative estimate of drug-likeness (QED) is 0.239. The second-order valence-corrected chi connectivity index (χ2v) is 6.45. The largest absolute Gasteiger partial charge is 0.357 e. The van der Waals surface area contributed by atoms with Crippen molar-refractivity contribution in [2.75, 3.05) is 26.2 Å². The van der Waals surface area contributed by atoms with Crippen LogP contribution in [0.2, 0.25) is 0 Å². The second-order valence-electron chi connectivity index (χ2n) is 6.45. The van der Waals surface area contributed by atoms with E-state index in [-0.39, 0.29) is 24.0 Å². The molecule has 0 aliphatic carbocycles. The number of nitrogens with zero attached hydrogens (tertiary/aromatic N) is 4. The van der Waals surface area contributed by atoms with E-state index in [0.717, 1.165) is 38.6 Å². The van der Waals surface area contributed by atoms with Crippen molar-refractivity contribution >= 4 is 29.9 Å². The van der Waals surface area contributed by atoms with E-state index in [1.807, 2.05) is 6.92 Å². The predicted octanol–water partition coefficient (Wildman–Crippen LogP) is 2.60. The molecule has 0 aliphatic heterocycles. The van der Waals surface area contributed by atoms with Crippen LogP contribution in [0.5, 0.6) is 0 Å². The van der Waals surface area contributed by atoms with Crippen LogP contribution in [0.4, 0.5) is 0 Å². The number of aromatic nitrogens is 2. The van der Waals surface area contributed by atoms with Gasteiger partial charge in [-0.3, -0.25) is 9.89 Å². The van der Waals surface area contributed by atoms with E-state index in [9.17, 15) is 0 Å². The van der Waals surface area contributed by atoms with Crippen LogP contribution in [0, 0.1) is 6.92 Å². The molecule has 8 heteroatoms. The van der Waals surface area contributed by atoms with E-state index in [4.69, 9.17) is 4.52 Å². The van der Waals surface area contributed by atoms with Gasteiger partial charge in [0.05, 0.1) is 0 Å². The molecule has 0 aliphatic rings. The maximum absolute atomic E-state index is 5.11. The molecule has 0 unspecified atom stereocenters. The molecule has 7 nitrogen and oxygen atoms in total. The number of aryl methyl sites for hydroxylation is 1. The first-order valence-electron chi connectivity index (χ1n) is 9.01. The lowest BCUT2D eigenvalue weighted by molar-refractivity contribution is 0.174. The Morgan fingerprint density at radius 2 is 1.88 bits per heavy atom. The summed E-state index contributed by atoms with van der Waals surface area (Å²) in [6.45, 7) is 16.3. The Morgan fingerprint density at radius 3 is 2.40 bits per heavy atom. The zero-order valence-electron chi connectivity index (χ0n) is 16.5. The lowest BCUT2D eigenvalue weighted by atomic mass is 10.2. The van der Waals surface area contributed by atoms with E-state index in [1.54, 1.807) is 0 Å². The van der Waals surface area contributed by atoms with Crippen molar-refractivity contribution in [3.05, 3.63) is 11.7 Å². The molecule has 0 amide bonds. The van der Waals surface area contributed by atoms with Crippen LogP contribution in [-0.4, -0.2) is 59.3 Å². The molecular formula is C17H35IN6O. The van der Waals surface area contributed by atoms with Gasteiger partial charge in [-0.15, -0.1) is 24.0 Å². The highest BCUT2D eigenvalue weighted by Crippen LogP contribution is 2.05. The van der Waals surface area contributed by atoms with Gasteiger partial charge in [-0.25, -0.2) is 0 Å². The number of hydrogen-bond donors (Lipinski definition) is 2. The first-order chi connectivity index (χ1) is 11.4. The molecule has 0 atom stereocenters. The summed E-state index contributed by atoms with van der Waals surface area (Å²) in [5, 5.41) is 10.4. The lowest BCUT2D eigenvalue weighted by Crippen LogP contribution is -2.39. The number of aliphatic imine (C=N–C) groups is 1. The summed E-state index contributed by atoms with van der Waals surface area (Å²) in [6, 6.07) is 1.14. The first kappa shape index (κ1) is 24.1. The standard InChI is InChI=1S/C17H34N6O.HI/c1-7-18-17(20-11-9-16-21-15(6)22-24-16)19-10-8-12-23(13(2)3)14(4)5;/h13-14H,7-12H2,1-6H3,(H2,18,19,20);1H. The summed E-state index contributed by atoms with van der Waals surface area (Å²) in [7, 11) is 0. The molecule has 1 aromatic rings. The van der Waals surface area contributed by atoms with Gasteiger partial charge >= 0.3 is 0 Å². The summed E-state index contributed by atoms with van der Waals surface area (Å²) < 4.78 is 5.11. The van der Waals surface area contributed by atoms with Crippen LogP contribution in [0.25, 0.3) is 0 Å². The Labute approximate surface area is 169 Å². The van der Waals surface area contributed by atoms with Gasteiger partial charge in [-0.2, -0.15) is 4.98 Å². The van der Waals surface area contributed by atoms with Gasteiger partial charge in [-0.1, -0.05) is 5.16 Å². The fourth-order valence-corrected chi connectivity index (χ4v) is 2.63. The van der Waals surface area contributed by atoms with Crippen molar-refractivity contribution in [3.63, 3.8) is 0 Å². The smallest absolute Gasteiger partial charge is 0.228 e. The van der Waals surface area contributed by atoms with Crippen molar-refractivity contribution in [1.82, 2.24) is 25.7 Å². The Balaban J connectivity index is 0.00000576. The van der Waals surface area contributed by atoms with E-state index >= 15 is 0 Å². The summed E-state index contributed by atoms with van der Waals surface area (Å²) >= 11 is 0. The molecule has 0 spiro atoms. The Hall–Kier alpha value is -0.900. The van der Waals surface area contributed by atoms with Gasteiger partial charge in [0.25, 0.3) is 0 Å². The fourth-order valence-electron chi connectivity index (χ4n) is 2.63. The van der Waals surface area contributed by atoms with Gasteiger partial charge in [-0.05, 0) is 48.0 Å². The van der Waals surface area contributed by atoms with Gasteiger partial charge < -0.3 is 15.2 Å². The third-order valence-electron chi connectivity index (χ3n) is 3.72. The zero-order chi connectivity index (χ0) is 17.9. The van der Waals surface area contributed by atoms with Crippen LogP contribution in [-0.2, 0) is 6.42 Å². The average molecular weight is 466 g/mol. The van der Waals surface area contributed by atoms with Gasteiger partial charge in [0.15, 0.2) is 11.8 Å². The fraction of sp³-hybridized carbons (Fsp3) is 0.824. The Morgan fingerprint density at radius 1 is 1.20 bits per heavy atom. The van der Waals surface area contributed by atoms with Crippen molar-refractivity contribution in [3.8, 4) is 0 Å². The first-order valence-corrected chi connectivity index (χ1v) is 9.01. The predicted molar refractivity (Wildman–Crippen MR) is 114 cm³/mol. The molecule has 0 saturated carbocycles. The number of nitrogens with one attached hydrogen (secondary N) is 2. The lowest BCUT2D eigenvalue weighted by Gasteiger charge is -2.30. The van der Waals surface area contributed by atoms with Crippen LogP contribution in [0.1, 0.15) is 52.8 Å². The molecule has 1 rings (SSSR count). The van der Waals surface area contributed by atoms with Gasteiger partial charge in [0.1, 0.15) is 0 Å². The molecule has 25 heavy (non-hydrogen) atoms. The molecule has 0 aromatic carbocycles. The SMILES string of the molecule is CCNC(=NCCCN(C(C)C)C(C)C)NCCc1nc(C)no1.I. The summed E-state index contributed by atoms with van der Waals surface area (Å²) in [5.74, 6) is 2.17. The van der Waals surface area contributed by atoms with Crippen molar-refractivity contribution in [2.24, 2.45) is 4.99 Å². The second kappa shape index (κ2) is 13.3. The van der Waals surface area contributed by atoms with E-state index in [2.05, 4.69) is 65.3 Å². The Kier molecular flexibility index (Phi) is 12.8. The average Bonchev–Trinajstić information content (AvgIpc) is 2.91. The van der Waals surface area contributed by atoms with Gasteiger partial charge in [0, 0.05) is 44.7 Å². The third kappa shape index (κ3) is 9.98. The number of guanidine groups is 1. The molecule has 0 saturated heterocycles. The van der Waals surface area contributed by atoms with E-state index in [0.29, 0.717) is 30.2 Å². The molecule has 1 aromatic heterocycles. The zero-order valence-corrected chi connectivity index (χ0v) is 18.8. The number of halogens is 1. The molecule has 1 heterocycles. The minimum Gasteiger partial charge on any atom is -0.357 e.